The molecule has 0 bridgehead atoms. The van der Waals surface area contributed by atoms with E-state index in [1.807, 2.05) is 23.1 Å². The highest BCUT2D eigenvalue weighted by molar-refractivity contribution is 5.75. The van der Waals surface area contributed by atoms with Gasteiger partial charge in [-0.2, -0.15) is 0 Å². The summed E-state index contributed by atoms with van der Waals surface area (Å²) >= 11 is 0. The van der Waals surface area contributed by atoms with Crippen LogP contribution in [0.3, 0.4) is 0 Å². The average molecular weight is 332 g/mol. The number of hydrogen-bond acceptors (Lipinski definition) is 4. The van der Waals surface area contributed by atoms with Gasteiger partial charge in [0.25, 0.3) is 0 Å². The molecular formula is C18H24N2O4. The normalized spacial score (nSPS) is 21.8. The van der Waals surface area contributed by atoms with Gasteiger partial charge in [0, 0.05) is 31.7 Å². The van der Waals surface area contributed by atoms with Crippen LogP contribution in [0.5, 0.6) is 11.5 Å². The van der Waals surface area contributed by atoms with Crippen LogP contribution in [0.15, 0.2) is 18.2 Å². The van der Waals surface area contributed by atoms with Crippen LogP contribution in [0.4, 0.5) is 4.79 Å². The minimum atomic E-state index is 0.0603. The Labute approximate surface area is 142 Å². The molecule has 1 atom stereocenters. The van der Waals surface area contributed by atoms with Gasteiger partial charge in [-0.15, -0.1) is 0 Å². The van der Waals surface area contributed by atoms with Crippen LogP contribution in [0.2, 0.25) is 0 Å². The number of ether oxygens (including phenoxy) is 3. The molecule has 4 rings (SSSR count). The standard InChI is InChI=1S/C18H24N2O4/c21-18(20(15-2-3-15)10-14-6-8-22-11-14)19-7-5-13-1-4-16-17(9-13)24-12-23-16/h1,4,9,14-15H,2-3,5-8,10-12H2,(H,19,21). The lowest BCUT2D eigenvalue weighted by Crippen LogP contribution is -2.44. The van der Waals surface area contributed by atoms with E-state index >= 15 is 0 Å². The molecule has 0 aromatic heterocycles. The fraction of sp³-hybridized carbons (Fsp3) is 0.611. The highest BCUT2D eigenvalue weighted by atomic mass is 16.7. The first kappa shape index (κ1) is 15.6. The van der Waals surface area contributed by atoms with E-state index < -0.39 is 0 Å². The summed E-state index contributed by atoms with van der Waals surface area (Å²) in [7, 11) is 0. The lowest BCUT2D eigenvalue weighted by molar-refractivity contribution is 0.162. The molecule has 1 aromatic rings. The molecule has 130 valence electrons. The van der Waals surface area contributed by atoms with Gasteiger partial charge in [0.05, 0.1) is 6.61 Å². The van der Waals surface area contributed by atoms with Gasteiger partial charge < -0.3 is 24.4 Å². The Bertz CT molecular complexity index is 597. The van der Waals surface area contributed by atoms with E-state index in [1.165, 1.54) is 0 Å². The van der Waals surface area contributed by atoms with Crippen molar-refractivity contribution < 1.29 is 19.0 Å². The molecule has 1 aliphatic carbocycles. The van der Waals surface area contributed by atoms with Gasteiger partial charge in [-0.25, -0.2) is 4.79 Å². The highest BCUT2D eigenvalue weighted by Crippen LogP contribution is 2.32. The Morgan fingerprint density at radius 1 is 1.21 bits per heavy atom. The lowest BCUT2D eigenvalue weighted by Gasteiger charge is -2.25. The van der Waals surface area contributed by atoms with Gasteiger partial charge in [-0.3, -0.25) is 0 Å². The molecule has 1 aromatic carbocycles. The number of amides is 2. The monoisotopic (exact) mass is 332 g/mol. The van der Waals surface area contributed by atoms with Gasteiger partial charge in [0.15, 0.2) is 11.5 Å². The van der Waals surface area contributed by atoms with Crippen molar-refractivity contribution in [2.45, 2.75) is 31.7 Å². The van der Waals surface area contributed by atoms with Crippen LogP contribution in [0.25, 0.3) is 0 Å². The van der Waals surface area contributed by atoms with Crippen molar-refractivity contribution in [3.05, 3.63) is 23.8 Å². The number of benzene rings is 1. The third kappa shape index (κ3) is 3.59. The Kier molecular flexibility index (Phi) is 4.47. The average Bonchev–Trinajstić information content (AvgIpc) is 3.10. The maximum atomic E-state index is 12.5. The Hall–Kier alpha value is -1.95. The second kappa shape index (κ2) is 6.89. The van der Waals surface area contributed by atoms with Crippen LogP contribution in [0, 0.1) is 5.92 Å². The second-order valence-corrected chi connectivity index (χ2v) is 6.78. The van der Waals surface area contributed by atoms with Gasteiger partial charge in [0.1, 0.15) is 0 Å². The predicted octanol–water partition coefficient (Wildman–Crippen LogP) is 2.17. The van der Waals surface area contributed by atoms with Crippen molar-refractivity contribution in [2.75, 3.05) is 33.1 Å². The quantitative estimate of drug-likeness (QED) is 0.867. The summed E-state index contributed by atoms with van der Waals surface area (Å²) in [5, 5.41) is 3.07. The number of nitrogens with zero attached hydrogens (tertiary/aromatic N) is 1. The number of carbonyl (C=O) groups is 1. The van der Waals surface area contributed by atoms with E-state index in [9.17, 15) is 4.79 Å². The third-order valence-corrected chi connectivity index (χ3v) is 4.85. The summed E-state index contributed by atoms with van der Waals surface area (Å²) in [6.07, 6.45) is 4.10. The summed E-state index contributed by atoms with van der Waals surface area (Å²) in [6.45, 7) is 3.35. The summed E-state index contributed by atoms with van der Waals surface area (Å²) in [5.41, 5.74) is 1.14. The second-order valence-electron chi connectivity index (χ2n) is 6.78. The minimum absolute atomic E-state index is 0.0603. The molecule has 0 spiro atoms. The van der Waals surface area contributed by atoms with E-state index in [0.717, 1.165) is 62.5 Å². The molecule has 1 unspecified atom stereocenters. The van der Waals surface area contributed by atoms with E-state index in [1.54, 1.807) is 0 Å². The lowest BCUT2D eigenvalue weighted by atomic mass is 10.1. The van der Waals surface area contributed by atoms with E-state index in [-0.39, 0.29) is 12.8 Å². The Balaban J connectivity index is 1.27. The molecule has 2 heterocycles. The number of nitrogens with one attached hydrogen (secondary N) is 1. The van der Waals surface area contributed by atoms with Crippen molar-refractivity contribution >= 4 is 6.03 Å². The fourth-order valence-electron chi connectivity index (χ4n) is 3.30. The Morgan fingerprint density at radius 3 is 2.88 bits per heavy atom. The van der Waals surface area contributed by atoms with E-state index in [2.05, 4.69) is 5.32 Å². The zero-order valence-electron chi connectivity index (χ0n) is 13.8. The smallest absolute Gasteiger partial charge is 0.317 e. The first-order chi connectivity index (χ1) is 11.8. The molecule has 6 nitrogen and oxygen atoms in total. The molecule has 1 N–H and O–H groups in total. The maximum Gasteiger partial charge on any atom is 0.317 e. The Morgan fingerprint density at radius 2 is 2.08 bits per heavy atom. The summed E-state index contributed by atoms with van der Waals surface area (Å²) in [5.74, 6) is 2.08. The number of urea groups is 1. The van der Waals surface area contributed by atoms with Crippen molar-refractivity contribution in [3.8, 4) is 11.5 Å². The van der Waals surface area contributed by atoms with Crippen LogP contribution >= 0.6 is 0 Å². The van der Waals surface area contributed by atoms with Crippen LogP contribution < -0.4 is 14.8 Å². The predicted molar refractivity (Wildman–Crippen MR) is 88.3 cm³/mol. The SMILES string of the molecule is O=C(NCCc1ccc2c(c1)OCO2)N(CC1CCOC1)C1CC1. The van der Waals surface area contributed by atoms with Gasteiger partial charge in [0.2, 0.25) is 6.79 Å². The van der Waals surface area contributed by atoms with Gasteiger partial charge >= 0.3 is 6.03 Å². The number of fused-ring (bicyclic) bond motifs is 1. The summed E-state index contributed by atoms with van der Waals surface area (Å²) in [6, 6.07) is 6.43. The van der Waals surface area contributed by atoms with Crippen molar-refractivity contribution in [2.24, 2.45) is 5.92 Å². The summed E-state index contributed by atoms with van der Waals surface area (Å²) < 4.78 is 16.1. The van der Waals surface area contributed by atoms with Crippen LogP contribution in [0.1, 0.15) is 24.8 Å². The molecule has 3 aliphatic rings. The van der Waals surface area contributed by atoms with Crippen molar-refractivity contribution in [3.63, 3.8) is 0 Å². The van der Waals surface area contributed by atoms with Crippen LogP contribution in [-0.4, -0.2) is 50.1 Å². The van der Waals surface area contributed by atoms with Gasteiger partial charge in [-0.05, 0) is 43.4 Å². The van der Waals surface area contributed by atoms with E-state index in [4.69, 9.17) is 14.2 Å². The first-order valence-corrected chi connectivity index (χ1v) is 8.80. The van der Waals surface area contributed by atoms with Gasteiger partial charge in [-0.1, -0.05) is 6.07 Å². The molecule has 2 aliphatic heterocycles. The van der Waals surface area contributed by atoms with Crippen molar-refractivity contribution in [1.29, 1.82) is 0 Å². The number of hydrogen-bond donors (Lipinski definition) is 1. The zero-order chi connectivity index (χ0) is 16.4. The topological polar surface area (TPSA) is 60.0 Å². The minimum Gasteiger partial charge on any atom is -0.454 e. The fourth-order valence-corrected chi connectivity index (χ4v) is 3.30. The molecule has 6 heteroatoms. The number of rotatable bonds is 6. The molecule has 24 heavy (non-hydrogen) atoms. The molecule has 1 saturated heterocycles. The third-order valence-electron chi connectivity index (χ3n) is 4.85. The van der Waals surface area contributed by atoms with E-state index in [0.29, 0.717) is 18.5 Å². The van der Waals surface area contributed by atoms with Crippen molar-refractivity contribution in [1.82, 2.24) is 10.2 Å². The zero-order valence-corrected chi connectivity index (χ0v) is 13.8. The largest absolute Gasteiger partial charge is 0.454 e. The summed E-state index contributed by atoms with van der Waals surface area (Å²) in [4.78, 5) is 14.5. The molecule has 0 radical (unpaired) electrons. The maximum absolute atomic E-state index is 12.5. The highest BCUT2D eigenvalue weighted by Gasteiger charge is 2.34. The van der Waals surface area contributed by atoms with Crippen LogP contribution in [-0.2, 0) is 11.2 Å². The number of carbonyl (C=O) groups excluding carboxylic acids is 1. The first-order valence-electron chi connectivity index (χ1n) is 8.80. The molecule has 2 amide bonds. The molecule has 2 fully saturated rings. The molecular weight excluding hydrogens is 308 g/mol. The molecule has 1 saturated carbocycles.